The molecule has 6 nitrogen and oxygen atoms in total. The van der Waals surface area contributed by atoms with Crippen molar-refractivity contribution in [3.63, 3.8) is 0 Å². The van der Waals surface area contributed by atoms with Gasteiger partial charge >= 0.3 is 0 Å². The molecule has 6 heteroatoms. The molecule has 0 bridgehead atoms. The zero-order chi connectivity index (χ0) is 18.7. The van der Waals surface area contributed by atoms with E-state index in [0.717, 1.165) is 44.8 Å². The van der Waals surface area contributed by atoms with Crippen LogP contribution in [0.4, 0.5) is 0 Å². The predicted molar refractivity (Wildman–Crippen MR) is 105 cm³/mol. The molecular weight excluding hydrogens is 340 g/mol. The second-order valence-electron chi connectivity index (χ2n) is 8.56. The summed E-state index contributed by atoms with van der Waals surface area (Å²) in [5.74, 6) is 0.855. The van der Waals surface area contributed by atoms with Gasteiger partial charge in [0.05, 0.1) is 5.60 Å². The van der Waals surface area contributed by atoms with Gasteiger partial charge in [-0.3, -0.25) is 9.48 Å². The second-order valence-corrected chi connectivity index (χ2v) is 8.56. The number of hydrogen-bond acceptors (Lipinski definition) is 4. The highest BCUT2D eigenvalue weighted by Crippen LogP contribution is 2.35. The number of likely N-dealkylation sites (tertiary alicyclic amines) is 2. The van der Waals surface area contributed by atoms with Gasteiger partial charge < -0.3 is 14.5 Å². The third-order valence-electron chi connectivity index (χ3n) is 6.86. The molecule has 3 fully saturated rings. The topological polar surface area (TPSA) is 50.6 Å². The van der Waals surface area contributed by atoms with Gasteiger partial charge in [0, 0.05) is 52.1 Å². The third-order valence-corrected chi connectivity index (χ3v) is 6.86. The Bertz CT molecular complexity index is 620. The lowest BCUT2D eigenvalue weighted by Crippen LogP contribution is -2.49. The van der Waals surface area contributed by atoms with E-state index in [9.17, 15) is 4.79 Å². The first kappa shape index (κ1) is 18.9. The first-order chi connectivity index (χ1) is 13.2. The summed E-state index contributed by atoms with van der Waals surface area (Å²) in [5, 5.41) is 4.23. The van der Waals surface area contributed by atoms with Crippen LogP contribution in [-0.4, -0.2) is 70.4 Å². The maximum atomic E-state index is 12.7. The van der Waals surface area contributed by atoms with Crippen LogP contribution in [-0.2, 0) is 11.3 Å². The van der Waals surface area contributed by atoms with E-state index in [1.807, 2.05) is 17.9 Å². The number of carbonyl (C=O) groups excluding carboxylic acids is 1. The van der Waals surface area contributed by atoms with Crippen molar-refractivity contribution in [2.45, 2.75) is 64.0 Å². The van der Waals surface area contributed by atoms with E-state index in [1.54, 1.807) is 10.9 Å². The van der Waals surface area contributed by atoms with Gasteiger partial charge in [-0.05, 0) is 63.9 Å². The Morgan fingerprint density at radius 1 is 1.19 bits per heavy atom. The Balaban J connectivity index is 1.23. The monoisotopic (exact) mass is 374 g/mol. The summed E-state index contributed by atoms with van der Waals surface area (Å²) in [6, 6.07) is 1.84. The van der Waals surface area contributed by atoms with Gasteiger partial charge in [0.15, 0.2) is 0 Å². The van der Waals surface area contributed by atoms with Crippen molar-refractivity contribution in [2.24, 2.45) is 5.92 Å². The summed E-state index contributed by atoms with van der Waals surface area (Å²) in [7, 11) is 0. The lowest BCUT2D eigenvalue weighted by molar-refractivity contribution is -0.112. The van der Waals surface area contributed by atoms with E-state index in [-0.39, 0.29) is 11.5 Å². The van der Waals surface area contributed by atoms with Gasteiger partial charge in [0.1, 0.15) is 5.69 Å². The lowest BCUT2D eigenvalue weighted by atomic mass is 9.84. The van der Waals surface area contributed by atoms with Crippen LogP contribution in [0.1, 0.15) is 62.4 Å². The minimum atomic E-state index is 0.141. The standard InChI is InChI=1S/C21H34N4O2/c1-2-25-19(5-11-22-25)20(26)24-12-6-18(7-13-24)17-23-14-9-21(10-15-23)8-3-4-16-27-21/h5,11,18H,2-4,6-10,12-17H2,1H3. The fourth-order valence-electron chi connectivity index (χ4n) is 5.06. The maximum Gasteiger partial charge on any atom is 0.272 e. The van der Waals surface area contributed by atoms with Crippen molar-refractivity contribution in [3.8, 4) is 0 Å². The van der Waals surface area contributed by atoms with Crippen molar-refractivity contribution in [2.75, 3.05) is 39.3 Å². The van der Waals surface area contributed by atoms with Gasteiger partial charge in [-0.2, -0.15) is 5.10 Å². The zero-order valence-corrected chi connectivity index (χ0v) is 16.7. The first-order valence-electron chi connectivity index (χ1n) is 10.9. The van der Waals surface area contributed by atoms with Crippen molar-refractivity contribution in [3.05, 3.63) is 18.0 Å². The van der Waals surface area contributed by atoms with Crippen molar-refractivity contribution >= 4 is 5.91 Å². The van der Waals surface area contributed by atoms with Crippen LogP contribution in [0.15, 0.2) is 12.3 Å². The SMILES string of the molecule is CCn1nccc1C(=O)N1CCC(CN2CCC3(CCCCO3)CC2)CC1. The molecule has 1 amide bonds. The summed E-state index contributed by atoms with van der Waals surface area (Å²) in [4.78, 5) is 17.4. The molecule has 3 aliphatic rings. The summed E-state index contributed by atoms with van der Waals surface area (Å²) < 4.78 is 7.96. The van der Waals surface area contributed by atoms with Gasteiger partial charge in [0.25, 0.3) is 5.91 Å². The summed E-state index contributed by atoms with van der Waals surface area (Å²) >= 11 is 0. The highest BCUT2D eigenvalue weighted by Gasteiger charge is 2.37. The Hall–Kier alpha value is -1.40. The highest BCUT2D eigenvalue weighted by atomic mass is 16.5. The number of hydrogen-bond donors (Lipinski definition) is 0. The molecule has 0 aromatic carbocycles. The minimum absolute atomic E-state index is 0.141. The number of aryl methyl sites for hydroxylation is 1. The number of amides is 1. The molecule has 150 valence electrons. The predicted octanol–water partition coefficient (Wildman–Crippen LogP) is 2.79. The highest BCUT2D eigenvalue weighted by molar-refractivity contribution is 5.92. The smallest absolute Gasteiger partial charge is 0.272 e. The fraction of sp³-hybridized carbons (Fsp3) is 0.810. The molecule has 4 heterocycles. The summed E-state index contributed by atoms with van der Waals surface area (Å²) in [5.41, 5.74) is 0.928. The van der Waals surface area contributed by atoms with Crippen LogP contribution in [0, 0.1) is 5.92 Å². The van der Waals surface area contributed by atoms with Crippen molar-refractivity contribution in [1.29, 1.82) is 0 Å². The number of aromatic nitrogens is 2. The van der Waals surface area contributed by atoms with E-state index in [4.69, 9.17) is 4.74 Å². The number of carbonyl (C=O) groups is 1. The quantitative estimate of drug-likeness (QED) is 0.813. The number of ether oxygens (including phenoxy) is 1. The molecule has 4 rings (SSSR count). The minimum Gasteiger partial charge on any atom is -0.375 e. The van der Waals surface area contributed by atoms with Crippen LogP contribution < -0.4 is 0 Å². The lowest BCUT2D eigenvalue weighted by Gasteiger charge is -2.45. The molecule has 27 heavy (non-hydrogen) atoms. The maximum absolute atomic E-state index is 12.7. The number of nitrogens with zero attached hydrogens (tertiary/aromatic N) is 4. The van der Waals surface area contributed by atoms with E-state index in [0.29, 0.717) is 5.92 Å². The van der Waals surface area contributed by atoms with Crippen LogP contribution in [0.5, 0.6) is 0 Å². The average molecular weight is 375 g/mol. The van der Waals surface area contributed by atoms with Crippen LogP contribution in [0.3, 0.4) is 0 Å². The average Bonchev–Trinajstić information content (AvgIpc) is 3.19. The molecule has 1 aromatic heterocycles. The Morgan fingerprint density at radius 3 is 2.63 bits per heavy atom. The molecule has 3 saturated heterocycles. The largest absolute Gasteiger partial charge is 0.375 e. The van der Waals surface area contributed by atoms with Crippen molar-refractivity contribution in [1.82, 2.24) is 19.6 Å². The van der Waals surface area contributed by atoms with E-state index >= 15 is 0 Å². The summed E-state index contributed by atoms with van der Waals surface area (Å²) in [6.45, 7) is 9.01. The Labute approximate surface area is 162 Å². The first-order valence-corrected chi connectivity index (χ1v) is 10.9. The molecule has 1 aromatic rings. The molecule has 0 radical (unpaired) electrons. The molecule has 1 spiro atoms. The normalized spacial score (nSPS) is 24.4. The van der Waals surface area contributed by atoms with Crippen LogP contribution in [0.2, 0.25) is 0 Å². The second kappa shape index (κ2) is 8.31. The number of rotatable bonds is 4. The van der Waals surface area contributed by atoms with Gasteiger partial charge in [-0.15, -0.1) is 0 Å². The molecule has 0 atom stereocenters. The molecule has 0 saturated carbocycles. The van der Waals surface area contributed by atoms with E-state index in [1.165, 1.54) is 51.7 Å². The van der Waals surface area contributed by atoms with Crippen molar-refractivity contribution < 1.29 is 9.53 Å². The van der Waals surface area contributed by atoms with E-state index in [2.05, 4.69) is 10.00 Å². The van der Waals surface area contributed by atoms with Gasteiger partial charge in [-0.25, -0.2) is 0 Å². The molecule has 0 unspecified atom stereocenters. The molecule has 0 aliphatic carbocycles. The Kier molecular flexibility index (Phi) is 5.83. The fourth-order valence-corrected chi connectivity index (χ4v) is 5.06. The Morgan fingerprint density at radius 2 is 1.96 bits per heavy atom. The van der Waals surface area contributed by atoms with Gasteiger partial charge in [0.2, 0.25) is 0 Å². The molecule has 0 N–H and O–H groups in total. The molecule has 3 aliphatic heterocycles. The van der Waals surface area contributed by atoms with Crippen LogP contribution >= 0.6 is 0 Å². The van der Waals surface area contributed by atoms with Crippen LogP contribution in [0.25, 0.3) is 0 Å². The number of piperidine rings is 2. The van der Waals surface area contributed by atoms with Gasteiger partial charge in [-0.1, -0.05) is 0 Å². The molecular formula is C21H34N4O2. The van der Waals surface area contributed by atoms with E-state index < -0.39 is 0 Å². The summed E-state index contributed by atoms with van der Waals surface area (Å²) in [6.07, 6.45) is 10.2. The third kappa shape index (κ3) is 4.21. The zero-order valence-electron chi connectivity index (χ0n) is 16.7.